The minimum atomic E-state index is -0.196. The van der Waals surface area contributed by atoms with E-state index in [2.05, 4.69) is 11.4 Å². The standard InChI is InChI=1S/C14H19NO2/c1-10(9-16)15-14(17)13-7-6-11-4-2-3-5-12(11)8-13/h6-8,10,16H,2-5,9H2,1H3,(H,15,17). The lowest BCUT2D eigenvalue weighted by Gasteiger charge is -2.17. The van der Waals surface area contributed by atoms with Crippen molar-refractivity contribution in [1.29, 1.82) is 0 Å². The summed E-state index contributed by atoms with van der Waals surface area (Å²) in [4.78, 5) is 11.9. The van der Waals surface area contributed by atoms with Crippen LogP contribution in [0.1, 0.15) is 41.3 Å². The summed E-state index contributed by atoms with van der Waals surface area (Å²) in [7, 11) is 0. The summed E-state index contributed by atoms with van der Waals surface area (Å²) < 4.78 is 0. The van der Waals surface area contributed by atoms with Crippen LogP contribution in [0.25, 0.3) is 0 Å². The van der Waals surface area contributed by atoms with Crippen molar-refractivity contribution >= 4 is 5.91 Å². The Hall–Kier alpha value is -1.35. The van der Waals surface area contributed by atoms with Gasteiger partial charge in [-0.05, 0) is 55.9 Å². The van der Waals surface area contributed by atoms with Crippen LogP contribution in [0.15, 0.2) is 18.2 Å². The van der Waals surface area contributed by atoms with Crippen LogP contribution < -0.4 is 5.32 Å². The monoisotopic (exact) mass is 233 g/mol. The molecule has 0 radical (unpaired) electrons. The first-order valence-electron chi connectivity index (χ1n) is 6.24. The van der Waals surface area contributed by atoms with Crippen LogP contribution in [-0.4, -0.2) is 23.7 Å². The van der Waals surface area contributed by atoms with Gasteiger partial charge in [0.25, 0.3) is 5.91 Å². The summed E-state index contributed by atoms with van der Waals surface area (Å²) in [5.41, 5.74) is 3.38. The molecule has 3 nitrogen and oxygen atoms in total. The lowest BCUT2D eigenvalue weighted by molar-refractivity contribution is 0.0922. The Kier molecular flexibility index (Phi) is 3.79. The molecule has 1 atom stereocenters. The number of hydrogen-bond acceptors (Lipinski definition) is 2. The summed E-state index contributed by atoms with van der Waals surface area (Å²) in [5.74, 6) is -0.0973. The highest BCUT2D eigenvalue weighted by molar-refractivity contribution is 5.94. The highest BCUT2D eigenvalue weighted by Gasteiger charge is 2.13. The first-order chi connectivity index (χ1) is 8.20. The molecule has 0 heterocycles. The number of fused-ring (bicyclic) bond motifs is 1. The van der Waals surface area contributed by atoms with Gasteiger partial charge in [-0.1, -0.05) is 6.07 Å². The molecule has 17 heavy (non-hydrogen) atoms. The van der Waals surface area contributed by atoms with E-state index < -0.39 is 0 Å². The molecular formula is C14H19NO2. The van der Waals surface area contributed by atoms with E-state index in [0.717, 1.165) is 12.8 Å². The molecule has 1 amide bonds. The molecule has 1 aromatic rings. The van der Waals surface area contributed by atoms with Crippen LogP contribution in [0, 0.1) is 0 Å². The Morgan fingerprint density at radius 1 is 1.35 bits per heavy atom. The molecule has 92 valence electrons. The Labute approximate surface area is 102 Å². The average Bonchev–Trinajstić information content (AvgIpc) is 2.38. The highest BCUT2D eigenvalue weighted by atomic mass is 16.3. The lowest BCUT2D eigenvalue weighted by Crippen LogP contribution is -2.35. The number of carbonyl (C=O) groups excluding carboxylic acids is 1. The predicted molar refractivity (Wildman–Crippen MR) is 67.1 cm³/mol. The SMILES string of the molecule is CC(CO)NC(=O)c1ccc2c(c1)CCCC2. The fraction of sp³-hybridized carbons (Fsp3) is 0.500. The van der Waals surface area contributed by atoms with Gasteiger partial charge in [0.2, 0.25) is 0 Å². The van der Waals surface area contributed by atoms with E-state index in [4.69, 9.17) is 5.11 Å². The van der Waals surface area contributed by atoms with Gasteiger partial charge in [-0.15, -0.1) is 0 Å². The molecule has 0 aliphatic heterocycles. The fourth-order valence-corrected chi connectivity index (χ4v) is 2.23. The summed E-state index contributed by atoms with van der Waals surface area (Å²) in [6.07, 6.45) is 4.67. The van der Waals surface area contributed by atoms with Gasteiger partial charge in [0.15, 0.2) is 0 Å². The van der Waals surface area contributed by atoms with Gasteiger partial charge in [0.1, 0.15) is 0 Å². The number of benzene rings is 1. The molecule has 1 aromatic carbocycles. The van der Waals surface area contributed by atoms with E-state index in [-0.39, 0.29) is 18.6 Å². The number of nitrogens with one attached hydrogen (secondary N) is 1. The first kappa shape index (κ1) is 12.1. The van der Waals surface area contributed by atoms with Crippen LogP contribution >= 0.6 is 0 Å². The molecular weight excluding hydrogens is 214 g/mol. The smallest absolute Gasteiger partial charge is 0.251 e. The normalized spacial score (nSPS) is 16.1. The van der Waals surface area contributed by atoms with Crippen molar-refractivity contribution < 1.29 is 9.90 Å². The zero-order valence-electron chi connectivity index (χ0n) is 10.2. The van der Waals surface area contributed by atoms with E-state index in [1.165, 1.54) is 24.0 Å². The Bertz CT molecular complexity index is 415. The number of amides is 1. The topological polar surface area (TPSA) is 49.3 Å². The van der Waals surface area contributed by atoms with Gasteiger partial charge in [0, 0.05) is 11.6 Å². The Morgan fingerprint density at radius 2 is 2.06 bits per heavy atom. The number of hydrogen-bond donors (Lipinski definition) is 2. The molecule has 1 aliphatic carbocycles. The molecule has 3 heteroatoms. The third-order valence-electron chi connectivity index (χ3n) is 3.26. The minimum Gasteiger partial charge on any atom is -0.394 e. The van der Waals surface area contributed by atoms with E-state index in [1.807, 2.05) is 12.1 Å². The number of aryl methyl sites for hydroxylation is 2. The molecule has 1 unspecified atom stereocenters. The highest BCUT2D eigenvalue weighted by Crippen LogP contribution is 2.22. The molecule has 0 spiro atoms. The minimum absolute atomic E-state index is 0.0311. The average molecular weight is 233 g/mol. The maximum absolute atomic E-state index is 11.9. The summed E-state index contributed by atoms with van der Waals surface area (Å²) in [6.45, 7) is 1.76. The number of carbonyl (C=O) groups is 1. The van der Waals surface area contributed by atoms with E-state index >= 15 is 0 Å². The van der Waals surface area contributed by atoms with E-state index in [9.17, 15) is 4.79 Å². The second-order valence-electron chi connectivity index (χ2n) is 4.75. The maximum atomic E-state index is 11.9. The van der Waals surface area contributed by atoms with Gasteiger partial charge in [-0.3, -0.25) is 4.79 Å². The molecule has 0 saturated heterocycles. The molecule has 0 bridgehead atoms. The van der Waals surface area contributed by atoms with Gasteiger partial charge in [0.05, 0.1) is 6.61 Å². The number of aliphatic hydroxyl groups excluding tert-OH is 1. The van der Waals surface area contributed by atoms with Crippen molar-refractivity contribution in [3.05, 3.63) is 34.9 Å². The maximum Gasteiger partial charge on any atom is 0.251 e. The zero-order chi connectivity index (χ0) is 12.3. The third kappa shape index (κ3) is 2.86. The molecule has 0 fully saturated rings. The quantitative estimate of drug-likeness (QED) is 0.834. The first-order valence-corrected chi connectivity index (χ1v) is 6.24. The molecule has 2 rings (SSSR count). The van der Waals surface area contributed by atoms with Gasteiger partial charge < -0.3 is 10.4 Å². The van der Waals surface area contributed by atoms with Gasteiger partial charge >= 0.3 is 0 Å². The van der Waals surface area contributed by atoms with Crippen molar-refractivity contribution in [2.24, 2.45) is 0 Å². The Balaban J connectivity index is 2.13. The molecule has 0 saturated carbocycles. The van der Waals surface area contributed by atoms with Crippen LogP contribution in [0.5, 0.6) is 0 Å². The van der Waals surface area contributed by atoms with Crippen LogP contribution in [0.4, 0.5) is 0 Å². The summed E-state index contributed by atoms with van der Waals surface area (Å²) >= 11 is 0. The Morgan fingerprint density at radius 3 is 2.76 bits per heavy atom. The van der Waals surface area contributed by atoms with Gasteiger partial charge in [-0.25, -0.2) is 0 Å². The second kappa shape index (κ2) is 5.32. The van der Waals surface area contributed by atoms with E-state index in [0.29, 0.717) is 5.56 Å². The predicted octanol–water partition coefficient (Wildman–Crippen LogP) is 1.68. The zero-order valence-corrected chi connectivity index (χ0v) is 10.2. The van der Waals surface area contributed by atoms with Crippen molar-refractivity contribution in [2.75, 3.05) is 6.61 Å². The van der Waals surface area contributed by atoms with Gasteiger partial charge in [-0.2, -0.15) is 0 Å². The van der Waals surface area contributed by atoms with E-state index in [1.54, 1.807) is 6.92 Å². The summed E-state index contributed by atoms with van der Waals surface area (Å²) in [6, 6.07) is 5.74. The summed E-state index contributed by atoms with van der Waals surface area (Å²) in [5, 5.41) is 11.7. The largest absolute Gasteiger partial charge is 0.394 e. The molecule has 0 aromatic heterocycles. The van der Waals surface area contributed by atoms with Crippen molar-refractivity contribution in [3.8, 4) is 0 Å². The number of rotatable bonds is 3. The molecule has 2 N–H and O–H groups in total. The fourth-order valence-electron chi connectivity index (χ4n) is 2.23. The van der Waals surface area contributed by atoms with Crippen LogP contribution in [-0.2, 0) is 12.8 Å². The van der Waals surface area contributed by atoms with Crippen molar-refractivity contribution in [2.45, 2.75) is 38.6 Å². The van der Waals surface area contributed by atoms with Crippen molar-refractivity contribution in [3.63, 3.8) is 0 Å². The van der Waals surface area contributed by atoms with Crippen molar-refractivity contribution in [1.82, 2.24) is 5.32 Å². The number of aliphatic hydroxyl groups is 1. The molecule has 1 aliphatic rings. The second-order valence-corrected chi connectivity index (χ2v) is 4.75. The van der Waals surface area contributed by atoms with Crippen LogP contribution in [0.2, 0.25) is 0 Å². The third-order valence-corrected chi connectivity index (χ3v) is 3.26. The van der Waals surface area contributed by atoms with Crippen LogP contribution in [0.3, 0.4) is 0 Å². The lowest BCUT2D eigenvalue weighted by atomic mass is 9.90.